The molecule has 2 aliphatic rings. The van der Waals surface area contributed by atoms with Gasteiger partial charge in [-0.2, -0.15) is 0 Å². The molecule has 1 aromatic rings. The van der Waals surface area contributed by atoms with Crippen molar-refractivity contribution in [3.05, 3.63) is 23.3 Å². The van der Waals surface area contributed by atoms with Gasteiger partial charge in [0.05, 0.1) is 7.11 Å². The molecule has 3 heteroatoms. The van der Waals surface area contributed by atoms with E-state index in [2.05, 4.69) is 20.8 Å². The van der Waals surface area contributed by atoms with E-state index in [9.17, 15) is 9.90 Å². The van der Waals surface area contributed by atoms with Gasteiger partial charge in [-0.15, -0.1) is 0 Å². The van der Waals surface area contributed by atoms with Crippen LogP contribution in [0.4, 0.5) is 0 Å². The number of Topliss-reactive ketones (excluding diaryl/α,β-unsaturated/α-hetero) is 1. The van der Waals surface area contributed by atoms with Crippen LogP contribution >= 0.6 is 0 Å². The lowest BCUT2D eigenvalue weighted by atomic mass is 9.50. The lowest BCUT2D eigenvalue weighted by Crippen LogP contribution is -2.52. The Labute approximate surface area is 126 Å². The highest BCUT2D eigenvalue weighted by molar-refractivity contribution is 5.86. The first-order valence-electron chi connectivity index (χ1n) is 7.74. The van der Waals surface area contributed by atoms with Gasteiger partial charge in [0.2, 0.25) is 0 Å². The van der Waals surface area contributed by atoms with Crippen LogP contribution in [0.2, 0.25) is 0 Å². The molecule has 1 N–H and O–H groups in total. The maximum Gasteiger partial charge on any atom is 0.160 e. The monoisotopic (exact) mass is 288 g/mol. The second kappa shape index (κ2) is 4.49. The fraction of sp³-hybridized carbons (Fsp3) is 0.611. The third-order valence-electron chi connectivity index (χ3n) is 5.95. The summed E-state index contributed by atoms with van der Waals surface area (Å²) in [5, 5.41) is 10.2. The molecular weight excluding hydrogens is 264 g/mol. The summed E-state index contributed by atoms with van der Waals surface area (Å²) in [7, 11) is 1.58. The van der Waals surface area contributed by atoms with Gasteiger partial charge >= 0.3 is 0 Å². The SMILES string of the molecule is COc1cc2c(cc1O)[C@]1(C)CCC(=O)C(C)(C)[C@H]1CC2. The largest absolute Gasteiger partial charge is 0.504 e. The third-order valence-corrected chi connectivity index (χ3v) is 5.95. The van der Waals surface area contributed by atoms with Crippen molar-refractivity contribution >= 4 is 5.78 Å². The average Bonchev–Trinajstić information content (AvgIpc) is 2.43. The van der Waals surface area contributed by atoms with E-state index in [1.165, 1.54) is 11.1 Å². The fourth-order valence-corrected chi connectivity index (χ4v) is 4.67. The molecule has 2 aliphatic carbocycles. The summed E-state index contributed by atoms with van der Waals surface area (Å²) in [5.41, 5.74) is 2.15. The zero-order valence-corrected chi connectivity index (χ0v) is 13.3. The molecule has 0 saturated heterocycles. The van der Waals surface area contributed by atoms with Gasteiger partial charge in [0, 0.05) is 11.8 Å². The molecule has 0 radical (unpaired) electrons. The van der Waals surface area contributed by atoms with Crippen LogP contribution in [0, 0.1) is 11.3 Å². The van der Waals surface area contributed by atoms with Crippen LogP contribution in [-0.2, 0) is 16.6 Å². The molecule has 0 amide bonds. The molecule has 0 bridgehead atoms. The van der Waals surface area contributed by atoms with Crippen LogP contribution in [0.3, 0.4) is 0 Å². The Morgan fingerprint density at radius 1 is 1.24 bits per heavy atom. The summed E-state index contributed by atoms with van der Waals surface area (Å²) >= 11 is 0. The maximum absolute atomic E-state index is 12.3. The molecule has 114 valence electrons. The van der Waals surface area contributed by atoms with Gasteiger partial charge in [-0.3, -0.25) is 4.79 Å². The van der Waals surface area contributed by atoms with Crippen LogP contribution in [0.5, 0.6) is 11.5 Å². The van der Waals surface area contributed by atoms with Crippen molar-refractivity contribution < 1.29 is 14.6 Å². The predicted octanol–water partition coefficient (Wildman–Crippen LogP) is 3.61. The van der Waals surface area contributed by atoms with Crippen LogP contribution in [-0.4, -0.2) is 18.0 Å². The molecule has 1 saturated carbocycles. The van der Waals surface area contributed by atoms with E-state index in [1.54, 1.807) is 7.11 Å². The number of ketones is 1. The molecule has 1 fully saturated rings. The van der Waals surface area contributed by atoms with Crippen LogP contribution < -0.4 is 4.74 Å². The first-order valence-corrected chi connectivity index (χ1v) is 7.74. The van der Waals surface area contributed by atoms with Crippen LogP contribution in [0.1, 0.15) is 51.2 Å². The van der Waals surface area contributed by atoms with Crippen LogP contribution in [0.25, 0.3) is 0 Å². The Morgan fingerprint density at radius 2 is 1.95 bits per heavy atom. The van der Waals surface area contributed by atoms with Gasteiger partial charge in [-0.05, 0) is 53.9 Å². The minimum Gasteiger partial charge on any atom is -0.504 e. The standard InChI is InChI=1S/C18H24O3/c1-17(2)15-6-5-11-9-14(21-4)13(19)10-12(11)18(15,3)8-7-16(17)20/h9-10,15,19H,5-8H2,1-4H3/t15-,18+/m1/s1. The summed E-state index contributed by atoms with van der Waals surface area (Å²) in [6.07, 6.45) is 3.48. The number of benzene rings is 1. The molecule has 0 spiro atoms. The summed E-state index contributed by atoms with van der Waals surface area (Å²) in [4.78, 5) is 12.3. The highest BCUT2D eigenvalue weighted by Gasteiger charge is 2.53. The molecule has 3 rings (SSSR count). The first-order chi connectivity index (χ1) is 9.80. The Kier molecular flexibility index (Phi) is 3.09. The predicted molar refractivity (Wildman–Crippen MR) is 81.8 cm³/mol. The van der Waals surface area contributed by atoms with Gasteiger partial charge in [0.25, 0.3) is 0 Å². The van der Waals surface area contributed by atoms with Crippen molar-refractivity contribution in [1.82, 2.24) is 0 Å². The van der Waals surface area contributed by atoms with Gasteiger partial charge in [-0.25, -0.2) is 0 Å². The summed E-state index contributed by atoms with van der Waals surface area (Å²) in [6.45, 7) is 6.44. The Hall–Kier alpha value is -1.51. The molecular formula is C18H24O3. The molecule has 21 heavy (non-hydrogen) atoms. The number of fused-ring (bicyclic) bond motifs is 3. The number of methoxy groups -OCH3 is 1. The number of carbonyl (C=O) groups is 1. The quantitative estimate of drug-likeness (QED) is 0.858. The number of hydrogen-bond donors (Lipinski definition) is 1. The van der Waals surface area contributed by atoms with Crippen LogP contribution in [0.15, 0.2) is 12.1 Å². The second-order valence-corrected chi connectivity index (χ2v) is 7.33. The number of aryl methyl sites for hydroxylation is 1. The Balaban J connectivity index is 2.14. The molecule has 3 nitrogen and oxygen atoms in total. The number of aromatic hydroxyl groups is 1. The topological polar surface area (TPSA) is 46.5 Å². The Morgan fingerprint density at radius 3 is 2.62 bits per heavy atom. The zero-order chi connectivity index (χ0) is 15.4. The van der Waals surface area contributed by atoms with Crippen molar-refractivity contribution in [1.29, 1.82) is 0 Å². The molecule has 2 atom stereocenters. The minimum absolute atomic E-state index is 0.0330. The molecule has 1 aromatic carbocycles. The average molecular weight is 288 g/mol. The first kappa shape index (κ1) is 14.4. The molecule has 0 aromatic heterocycles. The Bertz CT molecular complexity index is 603. The van der Waals surface area contributed by atoms with E-state index in [0.29, 0.717) is 23.9 Å². The molecule has 0 aliphatic heterocycles. The fourth-order valence-electron chi connectivity index (χ4n) is 4.67. The lowest BCUT2D eigenvalue weighted by Gasteiger charge is -2.53. The lowest BCUT2D eigenvalue weighted by molar-refractivity contribution is -0.137. The van der Waals surface area contributed by atoms with Gasteiger partial charge in [0.15, 0.2) is 11.5 Å². The number of phenols is 1. The van der Waals surface area contributed by atoms with Gasteiger partial charge in [-0.1, -0.05) is 20.8 Å². The van der Waals surface area contributed by atoms with Crippen molar-refractivity contribution in [3.8, 4) is 11.5 Å². The highest BCUT2D eigenvalue weighted by Crippen LogP contribution is 2.56. The summed E-state index contributed by atoms with van der Waals surface area (Å²) < 4.78 is 5.23. The number of rotatable bonds is 1. The van der Waals surface area contributed by atoms with Crippen molar-refractivity contribution in [2.45, 2.75) is 51.9 Å². The number of carbonyl (C=O) groups excluding carboxylic acids is 1. The van der Waals surface area contributed by atoms with Crippen molar-refractivity contribution in [2.75, 3.05) is 7.11 Å². The molecule has 0 heterocycles. The number of phenolic OH excluding ortho intramolecular Hbond substituents is 1. The minimum atomic E-state index is -0.278. The second-order valence-electron chi connectivity index (χ2n) is 7.33. The smallest absolute Gasteiger partial charge is 0.160 e. The van der Waals surface area contributed by atoms with E-state index in [4.69, 9.17) is 4.74 Å². The zero-order valence-electron chi connectivity index (χ0n) is 13.3. The van der Waals surface area contributed by atoms with Crippen molar-refractivity contribution in [3.63, 3.8) is 0 Å². The number of hydrogen-bond acceptors (Lipinski definition) is 3. The van der Waals surface area contributed by atoms with E-state index in [0.717, 1.165) is 19.3 Å². The maximum atomic E-state index is 12.3. The molecule has 0 unspecified atom stereocenters. The van der Waals surface area contributed by atoms with Crippen molar-refractivity contribution in [2.24, 2.45) is 11.3 Å². The van der Waals surface area contributed by atoms with E-state index in [1.807, 2.05) is 12.1 Å². The van der Waals surface area contributed by atoms with E-state index < -0.39 is 0 Å². The third kappa shape index (κ3) is 1.90. The normalized spacial score (nSPS) is 30.5. The summed E-state index contributed by atoms with van der Waals surface area (Å²) in [6, 6.07) is 3.84. The summed E-state index contributed by atoms with van der Waals surface area (Å²) in [5.74, 6) is 1.47. The highest BCUT2D eigenvalue weighted by atomic mass is 16.5. The van der Waals surface area contributed by atoms with E-state index >= 15 is 0 Å². The van der Waals surface area contributed by atoms with E-state index in [-0.39, 0.29) is 16.6 Å². The number of ether oxygens (including phenoxy) is 1. The van der Waals surface area contributed by atoms with Gasteiger partial charge < -0.3 is 9.84 Å². The van der Waals surface area contributed by atoms with Gasteiger partial charge in [0.1, 0.15) is 5.78 Å².